The van der Waals surface area contributed by atoms with Crippen LogP contribution in [0.5, 0.6) is 0 Å². The zero-order valence-corrected chi connectivity index (χ0v) is 15.3. The van der Waals surface area contributed by atoms with E-state index in [-0.39, 0.29) is 11.7 Å². The van der Waals surface area contributed by atoms with Crippen molar-refractivity contribution >= 4 is 16.7 Å². The summed E-state index contributed by atoms with van der Waals surface area (Å²) < 4.78 is 5.09. The zero-order chi connectivity index (χ0) is 19.3. The summed E-state index contributed by atoms with van der Waals surface area (Å²) in [6, 6.07) is 5.74. The maximum Gasteiger partial charge on any atom is 0.330 e. The molecule has 0 unspecified atom stereocenters. The molecule has 140 valence electrons. The van der Waals surface area contributed by atoms with Crippen LogP contribution >= 0.6 is 0 Å². The number of hydrogen-bond donors (Lipinski definition) is 1. The molecule has 0 spiro atoms. The van der Waals surface area contributed by atoms with Crippen LogP contribution in [0.15, 0.2) is 35.5 Å². The molecular weight excluding hydrogens is 356 g/mol. The SMILES string of the molecule is Cn1c(=O)n(C2CCNCC2)c2nc(-c3cnn4ccc(C#N)cc34)ncc21. The lowest BCUT2D eigenvalue weighted by atomic mass is 10.1. The van der Waals surface area contributed by atoms with Crippen LogP contribution in [-0.4, -0.2) is 41.8 Å². The van der Waals surface area contributed by atoms with Gasteiger partial charge in [0.05, 0.1) is 35.1 Å². The Labute approximate surface area is 159 Å². The van der Waals surface area contributed by atoms with Crippen molar-refractivity contribution in [2.45, 2.75) is 18.9 Å². The maximum atomic E-state index is 12.9. The van der Waals surface area contributed by atoms with E-state index in [1.165, 1.54) is 0 Å². The second kappa shape index (κ2) is 6.28. The van der Waals surface area contributed by atoms with Crippen molar-refractivity contribution < 1.29 is 0 Å². The quantitative estimate of drug-likeness (QED) is 0.566. The Morgan fingerprint density at radius 3 is 2.86 bits per heavy atom. The summed E-state index contributed by atoms with van der Waals surface area (Å²) in [6.07, 6.45) is 6.90. The largest absolute Gasteiger partial charge is 0.330 e. The van der Waals surface area contributed by atoms with Crippen molar-refractivity contribution in [3.05, 3.63) is 46.8 Å². The van der Waals surface area contributed by atoms with Gasteiger partial charge in [0.1, 0.15) is 5.52 Å². The fraction of sp³-hybridized carbons (Fsp3) is 0.316. The number of piperidine rings is 1. The Bertz CT molecular complexity index is 1300. The number of hydrogen-bond acceptors (Lipinski definition) is 6. The lowest BCUT2D eigenvalue weighted by Gasteiger charge is -2.23. The van der Waals surface area contributed by atoms with E-state index in [0.29, 0.717) is 22.6 Å². The highest BCUT2D eigenvalue weighted by atomic mass is 16.1. The summed E-state index contributed by atoms with van der Waals surface area (Å²) in [5, 5.41) is 16.9. The van der Waals surface area contributed by atoms with E-state index in [9.17, 15) is 10.1 Å². The molecule has 0 aromatic carbocycles. The number of pyridine rings is 1. The van der Waals surface area contributed by atoms with Crippen LogP contribution in [0.25, 0.3) is 28.1 Å². The normalized spacial score (nSPS) is 15.3. The number of aryl methyl sites for hydroxylation is 1. The van der Waals surface area contributed by atoms with Crippen LogP contribution < -0.4 is 11.0 Å². The van der Waals surface area contributed by atoms with Gasteiger partial charge in [-0.2, -0.15) is 10.4 Å². The molecule has 28 heavy (non-hydrogen) atoms. The van der Waals surface area contributed by atoms with Gasteiger partial charge in [-0.05, 0) is 38.1 Å². The maximum absolute atomic E-state index is 12.9. The molecule has 0 radical (unpaired) electrons. The van der Waals surface area contributed by atoms with Crippen molar-refractivity contribution in [3.8, 4) is 17.5 Å². The average molecular weight is 374 g/mol. The molecule has 0 atom stereocenters. The van der Waals surface area contributed by atoms with E-state index in [2.05, 4.69) is 21.5 Å². The predicted molar refractivity (Wildman–Crippen MR) is 103 cm³/mol. The van der Waals surface area contributed by atoms with Gasteiger partial charge >= 0.3 is 5.69 Å². The van der Waals surface area contributed by atoms with Crippen LogP contribution in [0.4, 0.5) is 0 Å². The first-order valence-corrected chi connectivity index (χ1v) is 9.20. The number of nitriles is 1. The molecule has 0 bridgehead atoms. The van der Waals surface area contributed by atoms with E-state index in [4.69, 9.17) is 4.98 Å². The fourth-order valence-electron chi connectivity index (χ4n) is 3.88. The smallest absolute Gasteiger partial charge is 0.317 e. The number of nitrogens with zero attached hydrogens (tertiary/aromatic N) is 7. The zero-order valence-electron chi connectivity index (χ0n) is 15.3. The molecule has 1 N–H and O–H groups in total. The lowest BCUT2D eigenvalue weighted by molar-refractivity contribution is 0.364. The first-order chi connectivity index (χ1) is 13.7. The molecule has 9 heteroatoms. The van der Waals surface area contributed by atoms with Gasteiger partial charge in [0.25, 0.3) is 0 Å². The molecule has 1 aliphatic rings. The molecule has 0 amide bonds. The fourth-order valence-corrected chi connectivity index (χ4v) is 3.88. The van der Waals surface area contributed by atoms with Crippen molar-refractivity contribution in [1.29, 1.82) is 5.26 Å². The summed E-state index contributed by atoms with van der Waals surface area (Å²) in [4.78, 5) is 22.1. The van der Waals surface area contributed by atoms with Crippen LogP contribution in [0.2, 0.25) is 0 Å². The highest BCUT2D eigenvalue weighted by Gasteiger charge is 2.23. The molecule has 4 aromatic rings. The Morgan fingerprint density at radius 1 is 1.25 bits per heavy atom. The Kier molecular flexibility index (Phi) is 3.74. The van der Waals surface area contributed by atoms with Crippen LogP contribution in [0, 0.1) is 11.3 Å². The highest BCUT2D eigenvalue weighted by molar-refractivity contribution is 5.80. The molecule has 4 aromatic heterocycles. The molecular formula is C19H18N8O. The minimum atomic E-state index is -0.0695. The first kappa shape index (κ1) is 16.6. The van der Waals surface area contributed by atoms with Gasteiger partial charge in [-0.3, -0.25) is 9.13 Å². The topological polar surface area (TPSA) is 106 Å². The van der Waals surface area contributed by atoms with Crippen LogP contribution in [0.3, 0.4) is 0 Å². The summed E-state index contributed by atoms with van der Waals surface area (Å²) in [6.45, 7) is 1.77. The highest BCUT2D eigenvalue weighted by Crippen LogP contribution is 2.26. The standard InChI is InChI=1S/C19H18N8O/c1-25-16-11-22-17(14-10-23-26-7-4-12(9-20)8-15(14)26)24-18(16)27(19(25)28)13-2-5-21-6-3-13/h4,7-8,10-11,13,21H,2-3,5-6H2,1H3. The molecule has 0 aliphatic carbocycles. The van der Waals surface area contributed by atoms with Crippen molar-refractivity contribution in [2.24, 2.45) is 7.05 Å². The molecule has 0 saturated carbocycles. The Balaban J connectivity index is 1.72. The van der Waals surface area contributed by atoms with Crippen LogP contribution in [0.1, 0.15) is 24.4 Å². The average Bonchev–Trinajstić information content (AvgIpc) is 3.27. The Morgan fingerprint density at radius 2 is 2.07 bits per heavy atom. The number of imidazole rings is 1. The molecule has 1 aliphatic heterocycles. The second-order valence-corrected chi connectivity index (χ2v) is 7.01. The number of nitrogens with one attached hydrogen (secondary N) is 1. The minimum Gasteiger partial charge on any atom is -0.317 e. The summed E-state index contributed by atoms with van der Waals surface area (Å²) in [5.74, 6) is 0.492. The molecule has 5 heterocycles. The summed E-state index contributed by atoms with van der Waals surface area (Å²) >= 11 is 0. The van der Waals surface area contributed by atoms with Gasteiger partial charge in [-0.1, -0.05) is 0 Å². The monoisotopic (exact) mass is 374 g/mol. The van der Waals surface area contributed by atoms with E-state index >= 15 is 0 Å². The van der Waals surface area contributed by atoms with Gasteiger partial charge in [0.15, 0.2) is 11.5 Å². The van der Waals surface area contributed by atoms with Gasteiger partial charge in [0, 0.05) is 19.3 Å². The molecule has 1 saturated heterocycles. The van der Waals surface area contributed by atoms with E-state index in [1.54, 1.807) is 51.4 Å². The summed E-state index contributed by atoms with van der Waals surface area (Å²) in [7, 11) is 1.75. The number of rotatable bonds is 2. The third-order valence-electron chi connectivity index (χ3n) is 5.40. The van der Waals surface area contributed by atoms with E-state index in [1.807, 2.05) is 0 Å². The van der Waals surface area contributed by atoms with Crippen molar-refractivity contribution in [1.82, 2.24) is 34.0 Å². The summed E-state index contributed by atoms with van der Waals surface area (Å²) in [5.41, 5.74) is 3.31. The molecule has 5 rings (SSSR count). The third kappa shape index (κ3) is 2.42. The van der Waals surface area contributed by atoms with Gasteiger partial charge in [-0.25, -0.2) is 19.3 Å². The van der Waals surface area contributed by atoms with Crippen molar-refractivity contribution in [2.75, 3.05) is 13.1 Å². The van der Waals surface area contributed by atoms with Gasteiger partial charge in [-0.15, -0.1) is 0 Å². The number of aromatic nitrogens is 6. The van der Waals surface area contributed by atoms with Crippen molar-refractivity contribution in [3.63, 3.8) is 0 Å². The van der Waals surface area contributed by atoms with Gasteiger partial charge < -0.3 is 5.32 Å². The molecule has 9 nitrogen and oxygen atoms in total. The van der Waals surface area contributed by atoms with E-state index < -0.39 is 0 Å². The first-order valence-electron chi connectivity index (χ1n) is 9.20. The van der Waals surface area contributed by atoms with Crippen LogP contribution in [-0.2, 0) is 7.05 Å². The predicted octanol–water partition coefficient (Wildman–Crippen LogP) is 1.24. The number of fused-ring (bicyclic) bond motifs is 2. The second-order valence-electron chi connectivity index (χ2n) is 7.01. The van der Waals surface area contributed by atoms with E-state index in [0.717, 1.165) is 37.0 Å². The van der Waals surface area contributed by atoms with Gasteiger partial charge in [0.2, 0.25) is 0 Å². The minimum absolute atomic E-state index is 0.0695. The third-order valence-corrected chi connectivity index (χ3v) is 5.40. The lowest BCUT2D eigenvalue weighted by Crippen LogP contribution is -2.34. The Hall–Kier alpha value is -3.51. The molecule has 1 fully saturated rings.